The Bertz CT molecular complexity index is 1340. The summed E-state index contributed by atoms with van der Waals surface area (Å²) in [5, 5.41) is 3.97. The number of para-hydroxylation sites is 1. The Hall–Kier alpha value is -3.86. The summed E-state index contributed by atoms with van der Waals surface area (Å²) in [5.74, 6) is 2.12. The van der Waals surface area contributed by atoms with Crippen LogP contribution >= 0.6 is 0 Å². The number of pyridine rings is 1. The fourth-order valence-electron chi connectivity index (χ4n) is 4.92. The first-order chi connectivity index (χ1) is 17.5. The third kappa shape index (κ3) is 5.68. The molecule has 36 heavy (non-hydrogen) atoms. The molecule has 1 aliphatic heterocycles. The third-order valence-corrected chi connectivity index (χ3v) is 7.00. The normalized spacial score (nSPS) is 14.1. The first kappa shape index (κ1) is 23.9. The molecule has 1 amide bonds. The molecule has 0 spiro atoms. The van der Waals surface area contributed by atoms with Gasteiger partial charge in [0.2, 0.25) is 0 Å². The van der Waals surface area contributed by atoms with Gasteiger partial charge in [-0.05, 0) is 80.0 Å². The lowest BCUT2D eigenvalue weighted by Crippen LogP contribution is -2.34. The molecule has 0 unspecified atom stereocenters. The van der Waals surface area contributed by atoms with Crippen molar-refractivity contribution in [3.8, 4) is 5.75 Å². The SMILES string of the molecule is Cc1ccc(C)c(NC(=O)COc2cccc3ccc(N4CCC(Cc5ccccc5)CC4)nc23)c1. The predicted octanol–water partition coefficient (Wildman–Crippen LogP) is 6.33. The van der Waals surface area contributed by atoms with Gasteiger partial charge in [-0.3, -0.25) is 4.79 Å². The zero-order chi connectivity index (χ0) is 24.9. The molecule has 4 aromatic rings. The van der Waals surface area contributed by atoms with Gasteiger partial charge in [0.15, 0.2) is 6.61 Å². The molecule has 0 radical (unpaired) electrons. The van der Waals surface area contributed by atoms with Crippen LogP contribution in [-0.2, 0) is 11.2 Å². The van der Waals surface area contributed by atoms with Crippen LogP contribution in [0.2, 0.25) is 0 Å². The number of aryl methyl sites for hydroxylation is 2. The quantitative estimate of drug-likeness (QED) is 0.337. The Labute approximate surface area is 213 Å². The van der Waals surface area contributed by atoms with Crippen LogP contribution in [0.5, 0.6) is 5.75 Å². The van der Waals surface area contributed by atoms with E-state index in [1.807, 2.05) is 50.2 Å². The molecule has 3 aromatic carbocycles. The monoisotopic (exact) mass is 479 g/mol. The summed E-state index contributed by atoms with van der Waals surface area (Å²) >= 11 is 0. The standard InChI is InChI=1S/C31H33N3O2/c1-22-11-12-23(2)27(19-22)32-30(35)21-36-28-10-6-9-26-13-14-29(33-31(26)28)34-17-15-25(16-18-34)20-24-7-4-3-5-8-24/h3-14,19,25H,15-18,20-21H2,1-2H3,(H,32,35). The van der Waals surface area contributed by atoms with Crippen LogP contribution in [0.25, 0.3) is 10.9 Å². The first-order valence-electron chi connectivity index (χ1n) is 12.7. The van der Waals surface area contributed by atoms with E-state index < -0.39 is 0 Å². The fourth-order valence-corrected chi connectivity index (χ4v) is 4.92. The van der Waals surface area contributed by atoms with E-state index >= 15 is 0 Å². The van der Waals surface area contributed by atoms with E-state index in [-0.39, 0.29) is 12.5 Å². The smallest absolute Gasteiger partial charge is 0.262 e. The lowest BCUT2D eigenvalue weighted by Gasteiger charge is -2.33. The molecule has 0 atom stereocenters. The lowest BCUT2D eigenvalue weighted by molar-refractivity contribution is -0.118. The third-order valence-electron chi connectivity index (χ3n) is 7.00. The molecular weight excluding hydrogens is 446 g/mol. The van der Waals surface area contributed by atoms with E-state index in [2.05, 4.69) is 52.7 Å². The molecule has 0 bridgehead atoms. The van der Waals surface area contributed by atoms with Gasteiger partial charge in [-0.25, -0.2) is 4.98 Å². The molecule has 1 fully saturated rings. The molecule has 1 N–H and O–H groups in total. The molecule has 2 heterocycles. The summed E-state index contributed by atoms with van der Waals surface area (Å²) in [7, 11) is 0. The summed E-state index contributed by atoms with van der Waals surface area (Å²) in [6.45, 7) is 5.92. The minimum Gasteiger partial charge on any atom is -0.481 e. The van der Waals surface area contributed by atoms with Gasteiger partial charge in [-0.1, -0.05) is 54.6 Å². The molecule has 1 aromatic heterocycles. The van der Waals surface area contributed by atoms with Crippen LogP contribution in [0.3, 0.4) is 0 Å². The Morgan fingerprint density at radius 3 is 2.58 bits per heavy atom. The van der Waals surface area contributed by atoms with Crippen LogP contribution < -0.4 is 15.0 Å². The van der Waals surface area contributed by atoms with E-state index in [9.17, 15) is 4.79 Å². The van der Waals surface area contributed by atoms with E-state index in [4.69, 9.17) is 9.72 Å². The van der Waals surface area contributed by atoms with Crippen molar-refractivity contribution in [1.82, 2.24) is 4.98 Å². The topological polar surface area (TPSA) is 54.5 Å². The van der Waals surface area contributed by atoms with Crippen molar-refractivity contribution >= 4 is 28.3 Å². The second kappa shape index (κ2) is 10.8. The summed E-state index contributed by atoms with van der Waals surface area (Å²) in [6, 6.07) is 26.8. The van der Waals surface area contributed by atoms with Gasteiger partial charge >= 0.3 is 0 Å². The molecule has 1 saturated heterocycles. The Kier molecular flexibility index (Phi) is 7.17. The van der Waals surface area contributed by atoms with Crippen LogP contribution in [0.1, 0.15) is 29.5 Å². The summed E-state index contributed by atoms with van der Waals surface area (Å²) in [4.78, 5) is 19.9. The molecule has 0 aliphatic carbocycles. The van der Waals surface area contributed by atoms with Crippen LogP contribution in [-0.4, -0.2) is 30.6 Å². The lowest BCUT2D eigenvalue weighted by atomic mass is 9.90. The number of hydrogen-bond acceptors (Lipinski definition) is 4. The maximum absolute atomic E-state index is 12.6. The maximum Gasteiger partial charge on any atom is 0.262 e. The zero-order valence-electron chi connectivity index (χ0n) is 21.0. The van der Waals surface area contributed by atoms with E-state index in [1.165, 1.54) is 5.56 Å². The van der Waals surface area contributed by atoms with Crippen molar-refractivity contribution in [3.63, 3.8) is 0 Å². The second-order valence-electron chi connectivity index (χ2n) is 9.77. The van der Waals surface area contributed by atoms with Gasteiger partial charge in [0.1, 0.15) is 17.1 Å². The number of hydrogen-bond donors (Lipinski definition) is 1. The molecular formula is C31H33N3O2. The number of rotatable bonds is 7. The number of anilines is 2. The van der Waals surface area contributed by atoms with Crippen molar-refractivity contribution in [1.29, 1.82) is 0 Å². The minimum atomic E-state index is -0.183. The number of aromatic nitrogens is 1. The number of carbonyl (C=O) groups is 1. The Morgan fingerprint density at radius 1 is 0.972 bits per heavy atom. The number of fused-ring (bicyclic) bond motifs is 1. The van der Waals surface area contributed by atoms with Crippen LogP contribution in [0, 0.1) is 19.8 Å². The van der Waals surface area contributed by atoms with Crippen molar-refractivity contribution in [2.75, 3.05) is 29.9 Å². The molecule has 5 heteroatoms. The second-order valence-corrected chi connectivity index (χ2v) is 9.77. The fraction of sp³-hybridized carbons (Fsp3) is 0.290. The highest BCUT2D eigenvalue weighted by molar-refractivity contribution is 5.93. The number of benzene rings is 3. The van der Waals surface area contributed by atoms with Gasteiger partial charge in [0, 0.05) is 24.2 Å². The van der Waals surface area contributed by atoms with Crippen molar-refractivity contribution < 1.29 is 9.53 Å². The van der Waals surface area contributed by atoms with Gasteiger partial charge in [-0.15, -0.1) is 0 Å². The minimum absolute atomic E-state index is 0.0662. The number of carbonyl (C=O) groups excluding carboxylic acids is 1. The van der Waals surface area contributed by atoms with Gasteiger partial charge in [0.25, 0.3) is 5.91 Å². The highest BCUT2D eigenvalue weighted by Crippen LogP contribution is 2.29. The van der Waals surface area contributed by atoms with Gasteiger partial charge in [0.05, 0.1) is 0 Å². The number of nitrogens with one attached hydrogen (secondary N) is 1. The number of amides is 1. The summed E-state index contributed by atoms with van der Waals surface area (Å²) < 4.78 is 5.96. The average Bonchev–Trinajstić information content (AvgIpc) is 2.90. The highest BCUT2D eigenvalue weighted by Gasteiger charge is 2.21. The number of piperidine rings is 1. The van der Waals surface area contributed by atoms with Crippen molar-refractivity contribution in [2.24, 2.45) is 5.92 Å². The Morgan fingerprint density at radius 2 is 1.78 bits per heavy atom. The van der Waals surface area contributed by atoms with Gasteiger partial charge < -0.3 is 15.0 Å². The summed E-state index contributed by atoms with van der Waals surface area (Å²) in [5.41, 5.74) is 5.16. The van der Waals surface area contributed by atoms with Crippen molar-refractivity contribution in [2.45, 2.75) is 33.1 Å². The van der Waals surface area contributed by atoms with Crippen LogP contribution in [0.4, 0.5) is 11.5 Å². The molecule has 5 nitrogen and oxygen atoms in total. The average molecular weight is 480 g/mol. The largest absolute Gasteiger partial charge is 0.481 e. The van der Waals surface area contributed by atoms with Crippen LogP contribution in [0.15, 0.2) is 78.9 Å². The zero-order valence-corrected chi connectivity index (χ0v) is 21.0. The number of ether oxygens (including phenoxy) is 1. The number of nitrogens with zero attached hydrogens (tertiary/aromatic N) is 2. The van der Waals surface area contributed by atoms with E-state index in [0.29, 0.717) is 11.7 Å². The van der Waals surface area contributed by atoms with E-state index in [1.54, 1.807) is 0 Å². The van der Waals surface area contributed by atoms with Crippen molar-refractivity contribution in [3.05, 3.63) is 95.6 Å². The molecule has 5 rings (SSSR count). The predicted molar refractivity (Wildman–Crippen MR) is 147 cm³/mol. The maximum atomic E-state index is 12.6. The first-order valence-corrected chi connectivity index (χ1v) is 12.7. The Balaban J connectivity index is 1.24. The highest BCUT2D eigenvalue weighted by atomic mass is 16.5. The molecule has 0 saturated carbocycles. The van der Waals surface area contributed by atoms with E-state index in [0.717, 1.165) is 65.9 Å². The molecule has 1 aliphatic rings. The summed E-state index contributed by atoms with van der Waals surface area (Å²) in [6.07, 6.45) is 3.46. The molecule has 184 valence electrons. The van der Waals surface area contributed by atoms with Gasteiger partial charge in [-0.2, -0.15) is 0 Å².